The minimum absolute atomic E-state index is 0.0900. The van der Waals surface area contributed by atoms with Gasteiger partial charge in [-0.25, -0.2) is 14.4 Å². The first kappa shape index (κ1) is 18.5. The highest BCUT2D eigenvalue weighted by Gasteiger charge is 2.72. The number of carbonyl (C=O) groups excluding carboxylic acids is 3. The maximum absolute atomic E-state index is 12.3. The average molecular weight is 338 g/mol. The molecule has 24 heavy (non-hydrogen) atoms. The Kier molecular flexibility index (Phi) is 6.02. The highest BCUT2D eigenvalue weighted by molar-refractivity contribution is 6.13. The Morgan fingerprint density at radius 1 is 1.17 bits per heavy atom. The van der Waals surface area contributed by atoms with Crippen LogP contribution in [0.5, 0.6) is 0 Å². The molecule has 2 aliphatic heterocycles. The fourth-order valence-electron chi connectivity index (χ4n) is 3.44. The zero-order valence-corrected chi connectivity index (χ0v) is 14.5. The van der Waals surface area contributed by atoms with E-state index < -0.39 is 35.5 Å². The molecular weight excluding hydrogens is 312 g/mol. The summed E-state index contributed by atoms with van der Waals surface area (Å²) in [6.45, 7) is 7.58. The van der Waals surface area contributed by atoms with E-state index in [-0.39, 0.29) is 12.2 Å². The van der Waals surface area contributed by atoms with Gasteiger partial charge in [0.05, 0.1) is 12.5 Å². The van der Waals surface area contributed by atoms with E-state index in [4.69, 9.17) is 14.2 Å². The number of hydrogen-bond donors (Lipinski definition) is 0. The molecule has 3 atom stereocenters. The number of ether oxygens (including phenoxy) is 3. The summed E-state index contributed by atoms with van der Waals surface area (Å²) in [4.78, 5) is 36.5. The highest BCUT2D eigenvalue weighted by Crippen LogP contribution is 2.47. The molecule has 0 bridgehead atoms. The van der Waals surface area contributed by atoms with Gasteiger partial charge in [0, 0.05) is 5.57 Å². The number of fused-ring (bicyclic) bond motifs is 1. The maximum atomic E-state index is 12.3. The van der Waals surface area contributed by atoms with Crippen molar-refractivity contribution in [3.63, 3.8) is 0 Å². The first-order valence-corrected chi connectivity index (χ1v) is 8.79. The van der Waals surface area contributed by atoms with Crippen LogP contribution in [0.25, 0.3) is 0 Å². The predicted molar refractivity (Wildman–Crippen MR) is 86.0 cm³/mol. The van der Waals surface area contributed by atoms with Crippen molar-refractivity contribution in [1.82, 2.24) is 0 Å². The van der Waals surface area contributed by atoms with Gasteiger partial charge in [-0.3, -0.25) is 0 Å². The Hall–Kier alpha value is -1.85. The van der Waals surface area contributed by atoms with Crippen molar-refractivity contribution in [1.29, 1.82) is 0 Å². The third-order valence-electron chi connectivity index (χ3n) is 4.68. The molecule has 0 radical (unpaired) electrons. The molecule has 0 aliphatic carbocycles. The highest BCUT2D eigenvalue weighted by atomic mass is 16.7. The summed E-state index contributed by atoms with van der Waals surface area (Å²) in [5.74, 6) is -3.21. The molecule has 0 amide bonds. The van der Waals surface area contributed by atoms with E-state index in [2.05, 4.69) is 13.5 Å². The van der Waals surface area contributed by atoms with Crippen LogP contribution in [0.3, 0.4) is 0 Å². The lowest BCUT2D eigenvalue weighted by Crippen LogP contribution is -2.49. The number of cyclic esters (lactones) is 1. The molecule has 2 aliphatic rings. The van der Waals surface area contributed by atoms with Crippen LogP contribution in [-0.2, 0) is 28.6 Å². The molecule has 0 saturated carbocycles. The van der Waals surface area contributed by atoms with Crippen molar-refractivity contribution in [2.24, 2.45) is 5.92 Å². The van der Waals surface area contributed by atoms with Crippen molar-refractivity contribution in [2.45, 2.75) is 70.5 Å². The Morgan fingerprint density at radius 2 is 1.83 bits per heavy atom. The van der Waals surface area contributed by atoms with E-state index in [9.17, 15) is 14.4 Å². The third kappa shape index (κ3) is 3.19. The number of hydrogen-bond acceptors (Lipinski definition) is 6. The van der Waals surface area contributed by atoms with Gasteiger partial charge in [-0.15, -0.1) is 0 Å². The van der Waals surface area contributed by atoms with Crippen molar-refractivity contribution in [2.75, 3.05) is 6.61 Å². The second-order valence-corrected chi connectivity index (χ2v) is 6.35. The molecular formula is C18H26O6. The van der Waals surface area contributed by atoms with E-state index in [1.807, 2.05) is 0 Å². The van der Waals surface area contributed by atoms with Crippen molar-refractivity contribution in [3.8, 4) is 0 Å². The van der Waals surface area contributed by atoms with Crippen LogP contribution >= 0.6 is 0 Å². The van der Waals surface area contributed by atoms with Crippen LogP contribution in [0.1, 0.15) is 58.8 Å². The van der Waals surface area contributed by atoms with Gasteiger partial charge in [0.25, 0.3) is 0 Å². The second kappa shape index (κ2) is 7.81. The predicted octanol–water partition coefficient (Wildman–Crippen LogP) is 2.69. The monoisotopic (exact) mass is 338 g/mol. The number of unbranched alkanes of at least 4 members (excludes halogenated alkanes) is 5. The van der Waals surface area contributed by atoms with Crippen molar-refractivity contribution < 1.29 is 28.6 Å². The zero-order chi connectivity index (χ0) is 17.7. The van der Waals surface area contributed by atoms with E-state index >= 15 is 0 Å². The van der Waals surface area contributed by atoms with Crippen LogP contribution in [-0.4, -0.2) is 36.2 Å². The molecule has 0 aromatic rings. The zero-order valence-electron chi connectivity index (χ0n) is 14.5. The Morgan fingerprint density at radius 3 is 2.50 bits per heavy atom. The van der Waals surface area contributed by atoms with E-state index in [0.717, 1.165) is 19.3 Å². The largest absolute Gasteiger partial charge is 0.463 e. The van der Waals surface area contributed by atoms with Crippen LogP contribution in [0, 0.1) is 5.92 Å². The molecule has 134 valence electrons. The summed E-state index contributed by atoms with van der Waals surface area (Å²) in [6, 6.07) is 0. The summed E-state index contributed by atoms with van der Waals surface area (Å²) in [6.07, 6.45) is 6.61. The molecule has 0 aromatic heterocycles. The summed E-state index contributed by atoms with van der Waals surface area (Å²) in [7, 11) is 0. The summed E-state index contributed by atoms with van der Waals surface area (Å²) in [5, 5.41) is 0. The Bertz CT molecular complexity index is 526. The lowest BCUT2D eigenvalue weighted by atomic mass is 9.81. The summed E-state index contributed by atoms with van der Waals surface area (Å²) < 4.78 is 15.4. The van der Waals surface area contributed by atoms with Crippen LogP contribution < -0.4 is 0 Å². The molecule has 2 saturated heterocycles. The topological polar surface area (TPSA) is 78.9 Å². The molecule has 0 spiro atoms. The molecule has 6 nitrogen and oxygen atoms in total. The average Bonchev–Trinajstić information content (AvgIpc) is 2.98. The minimum Gasteiger partial charge on any atom is -0.463 e. The third-order valence-corrected chi connectivity index (χ3v) is 4.68. The van der Waals surface area contributed by atoms with Gasteiger partial charge in [-0.1, -0.05) is 45.6 Å². The van der Waals surface area contributed by atoms with Crippen LogP contribution in [0.4, 0.5) is 0 Å². The molecule has 2 fully saturated rings. The van der Waals surface area contributed by atoms with Crippen LogP contribution in [0.15, 0.2) is 12.2 Å². The molecule has 6 heteroatoms. The standard InChI is InChI=1S/C18H26O6/c1-4-6-7-8-9-10-11-13-14-12(3)15(19)24-18(14,17(21)23-13)16(20)22-5-2/h13-14H,3-11H2,1-2H3/t13-,14+,18-/m1/s1. The van der Waals surface area contributed by atoms with Gasteiger partial charge in [-0.05, 0) is 19.8 Å². The molecule has 2 heterocycles. The van der Waals surface area contributed by atoms with Crippen molar-refractivity contribution >= 4 is 17.9 Å². The Labute approximate surface area is 142 Å². The van der Waals surface area contributed by atoms with Gasteiger partial charge in [0.1, 0.15) is 6.10 Å². The van der Waals surface area contributed by atoms with E-state index in [1.165, 1.54) is 19.3 Å². The van der Waals surface area contributed by atoms with Gasteiger partial charge in [0.15, 0.2) is 0 Å². The summed E-state index contributed by atoms with van der Waals surface area (Å²) >= 11 is 0. The normalized spacial score (nSPS) is 28.5. The summed E-state index contributed by atoms with van der Waals surface area (Å²) in [5.41, 5.74) is -1.87. The van der Waals surface area contributed by atoms with Gasteiger partial charge in [0.2, 0.25) is 0 Å². The van der Waals surface area contributed by atoms with E-state index in [1.54, 1.807) is 6.92 Å². The first-order valence-electron chi connectivity index (χ1n) is 8.79. The number of carbonyl (C=O) groups is 3. The SMILES string of the molecule is C=C1C(=O)O[C@]2(C(=O)OCC)C(=O)O[C@H](CCCCCCCC)[C@H]12. The van der Waals surface area contributed by atoms with Crippen molar-refractivity contribution in [3.05, 3.63) is 12.2 Å². The molecule has 0 aromatic carbocycles. The molecule has 0 unspecified atom stereocenters. The smallest absolute Gasteiger partial charge is 0.363 e. The lowest BCUT2D eigenvalue weighted by Gasteiger charge is -2.21. The Balaban J connectivity index is 2.05. The second-order valence-electron chi connectivity index (χ2n) is 6.35. The molecule has 0 N–H and O–H groups in total. The fourth-order valence-corrected chi connectivity index (χ4v) is 3.44. The number of esters is 3. The van der Waals surface area contributed by atoms with Crippen LogP contribution in [0.2, 0.25) is 0 Å². The van der Waals surface area contributed by atoms with Gasteiger partial charge in [-0.2, -0.15) is 0 Å². The molecule has 2 rings (SSSR count). The maximum Gasteiger partial charge on any atom is 0.363 e. The van der Waals surface area contributed by atoms with Gasteiger partial charge < -0.3 is 14.2 Å². The first-order chi connectivity index (χ1) is 11.5. The lowest BCUT2D eigenvalue weighted by molar-refractivity contribution is -0.183. The van der Waals surface area contributed by atoms with Gasteiger partial charge >= 0.3 is 23.5 Å². The number of rotatable bonds is 9. The fraction of sp³-hybridized carbons (Fsp3) is 0.722. The van der Waals surface area contributed by atoms with E-state index in [0.29, 0.717) is 6.42 Å². The minimum atomic E-state index is -1.99. The quantitative estimate of drug-likeness (QED) is 0.211.